The number of allylic oxidation sites excluding steroid dienone is 4. The van der Waals surface area contributed by atoms with Crippen molar-refractivity contribution in [3.05, 3.63) is 99.6 Å². The van der Waals surface area contributed by atoms with E-state index in [0.717, 1.165) is 55.5 Å². The first-order valence-corrected chi connectivity index (χ1v) is 20.9. The predicted octanol–water partition coefficient (Wildman–Crippen LogP) is 15.7. The summed E-state index contributed by atoms with van der Waals surface area (Å²) in [6, 6.07) is 17.5. The maximum Gasteiger partial charge on any atom is 0.211 e. The molecule has 3 rings (SSSR count). The lowest BCUT2D eigenvalue weighted by atomic mass is 9.90. The third kappa shape index (κ3) is 14.6. The SMILES string of the molecule is CCCCCCCCCCCCCCCCC=CCCc1ccccc1C1=C(CCCCC)C(CCCCC)=C(c2cccc(C)c2)[N+]1=[N-]. The molecule has 2 aromatic rings. The van der Waals surface area contributed by atoms with E-state index < -0.39 is 0 Å². The average molecular weight is 665 g/mol. The van der Waals surface area contributed by atoms with Crippen molar-refractivity contribution in [3.63, 3.8) is 0 Å². The summed E-state index contributed by atoms with van der Waals surface area (Å²) >= 11 is 0. The van der Waals surface area contributed by atoms with Crippen LogP contribution < -0.4 is 0 Å². The fourth-order valence-corrected chi connectivity index (χ4v) is 7.56. The van der Waals surface area contributed by atoms with Gasteiger partial charge in [-0.05, 0) is 82.1 Å². The van der Waals surface area contributed by atoms with E-state index in [1.54, 1.807) is 4.70 Å². The predicted molar refractivity (Wildman–Crippen MR) is 216 cm³/mol. The first-order valence-electron chi connectivity index (χ1n) is 20.9. The van der Waals surface area contributed by atoms with E-state index in [9.17, 15) is 5.53 Å². The Balaban J connectivity index is 1.54. The summed E-state index contributed by atoms with van der Waals surface area (Å²) < 4.78 is 1.57. The van der Waals surface area contributed by atoms with Gasteiger partial charge in [-0.15, -0.1) is 0 Å². The van der Waals surface area contributed by atoms with Gasteiger partial charge >= 0.3 is 0 Å². The molecule has 270 valence electrons. The van der Waals surface area contributed by atoms with Gasteiger partial charge in [0, 0.05) is 22.3 Å². The van der Waals surface area contributed by atoms with E-state index in [2.05, 4.69) is 88.4 Å². The molecule has 0 bridgehead atoms. The Morgan fingerprint density at radius 1 is 0.510 bits per heavy atom. The molecule has 0 N–H and O–H groups in total. The minimum Gasteiger partial charge on any atom is -0.493 e. The minimum absolute atomic E-state index is 0.996. The molecule has 1 heterocycles. The van der Waals surface area contributed by atoms with Crippen LogP contribution in [0, 0.1) is 6.92 Å². The molecule has 0 saturated carbocycles. The van der Waals surface area contributed by atoms with E-state index in [1.807, 2.05) is 0 Å². The topological polar surface area (TPSA) is 25.3 Å². The molecule has 0 saturated heterocycles. The maximum atomic E-state index is 12.1. The van der Waals surface area contributed by atoms with Crippen molar-refractivity contribution in [1.82, 2.24) is 0 Å². The summed E-state index contributed by atoms with van der Waals surface area (Å²) in [5, 5.41) is 0. The van der Waals surface area contributed by atoms with Crippen LogP contribution in [0.4, 0.5) is 0 Å². The summed E-state index contributed by atoms with van der Waals surface area (Å²) in [5.41, 5.74) is 21.7. The fourth-order valence-electron chi connectivity index (χ4n) is 7.56. The normalized spacial score (nSPS) is 13.5. The standard InChI is InChI=1S/C47H72N2/c1-5-8-11-12-13-14-15-16-17-18-19-20-21-22-23-24-25-28-33-41-34-29-30-36-43(41)47-45(38-27-10-7-3)44(37-26-9-6-2)46(49(47)48)42-35-31-32-40(4)39-42/h24-25,29-32,34-36,39H,5-23,26-28,33,37-38H2,1-4H3. The van der Waals surface area contributed by atoms with Crippen molar-refractivity contribution >= 4 is 11.4 Å². The highest BCUT2D eigenvalue weighted by molar-refractivity contribution is 5.83. The van der Waals surface area contributed by atoms with E-state index in [4.69, 9.17) is 0 Å². The summed E-state index contributed by atoms with van der Waals surface area (Å²) in [5.74, 6) is 0. The van der Waals surface area contributed by atoms with Crippen LogP contribution >= 0.6 is 0 Å². The monoisotopic (exact) mass is 665 g/mol. The quantitative estimate of drug-likeness (QED) is 0.0491. The van der Waals surface area contributed by atoms with Crippen LogP contribution in [0.2, 0.25) is 0 Å². The Labute approximate surface area is 303 Å². The molecule has 2 aromatic carbocycles. The van der Waals surface area contributed by atoms with Crippen molar-refractivity contribution < 1.29 is 4.70 Å². The second-order valence-electron chi connectivity index (χ2n) is 14.8. The highest BCUT2D eigenvalue weighted by atomic mass is 15.2. The molecule has 0 aliphatic carbocycles. The minimum atomic E-state index is 0.996. The Morgan fingerprint density at radius 2 is 1.02 bits per heavy atom. The Morgan fingerprint density at radius 3 is 1.61 bits per heavy atom. The van der Waals surface area contributed by atoms with Gasteiger partial charge in [-0.1, -0.05) is 178 Å². The summed E-state index contributed by atoms with van der Waals surface area (Å²) in [6.45, 7) is 9.00. The zero-order chi connectivity index (χ0) is 34.9. The van der Waals surface area contributed by atoms with Crippen LogP contribution in [0.3, 0.4) is 0 Å². The van der Waals surface area contributed by atoms with Gasteiger partial charge in [0.2, 0.25) is 11.4 Å². The Hall–Kier alpha value is -2.74. The van der Waals surface area contributed by atoms with Gasteiger partial charge in [0.1, 0.15) is 0 Å². The molecule has 0 atom stereocenters. The van der Waals surface area contributed by atoms with Crippen LogP contribution in [0.1, 0.15) is 197 Å². The molecule has 0 aromatic heterocycles. The molecule has 0 unspecified atom stereocenters. The Kier molecular flexibility index (Phi) is 21.0. The first-order chi connectivity index (χ1) is 24.1. The molecular weight excluding hydrogens is 593 g/mol. The largest absolute Gasteiger partial charge is 0.493 e. The second-order valence-corrected chi connectivity index (χ2v) is 14.8. The van der Waals surface area contributed by atoms with Crippen LogP contribution in [0.5, 0.6) is 0 Å². The molecule has 2 nitrogen and oxygen atoms in total. The van der Waals surface area contributed by atoms with Crippen molar-refractivity contribution in [2.45, 2.75) is 188 Å². The molecule has 49 heavy (non-hydrogen) atoms. The fraction of sp³-hybridized carbons (Fsp3) is 0.617. The van der Waals surface area contributed by atoms with Gasteiger partial charge in [-0.3, -0.25) is 0 Å². The average Bonchev–Trinajstić information content (AvgIpc) is 3.38. The van der Waals surface area contributed by atoms with Crippen LogP contribution in [0.15, 0.2) is 71.8 Å². The molecule has 0 fully saturated rings. The zero-order valence-electron chi connectivity index (χ0n) is 32.3. The van der Waals surface area contributed by atoms with E-state index in [0.29, 0.717) is 0 Å². The van der Waals surface area contributed by atoms with Crippen molar-refractivity contribution in [1.29, 1.82) is 0 Å². The molecule has 1 aliphatic rings. The number of nitrogens with zero attached hydrogens (tertiary/aromatic N) is 2. The van der Waals surface area contributed by atoms with E-state index in [-0.39, 0.29) is 0 Å². The third-order valence-corrected chi connectivity index (χ3v) is 10.5. The lowest BCUT2D eigenvalue weighted by Gasteiger charge is -2.13. The maximum absolute atomic E-state index is 12.1. The summed E-state index contributed by atoms with van der Waals surface area (Å²) in [6.07, 6.45) is 37.0. The lowest BCUT2D eigenvalue weighted by molar-refractivity contribution is -0.345. The smallest absolute Gasteiger partial charge is 0.211 e. The van der Waals surface area contributed by atoms with Gasteiger partial charge < -0.3 is 5.53 Å². The van der Waals surface area contributed by atoms with Gasteiger partial charge in [-0.2, -0.15) is 0 Å². The number of hydrogen-bond donors (Lipinski definition) is 0. The van der Waals surface area contributed by atoms with Gasteiger partial charge in [0.05, 0.1) is 0 Å². The van der Waals surface area contributed by atoms with Crippen LogP contribution in [-0.2, 0) is 6.42 Å². The summed E-state index contributed by atoms with van der Waals surface area (Å²) in [7, 11) is 0. The Bertz CT molecular complexity index is 1310. The second kappa shape index (κ2) is 25.2. The highest BCUT2D eigenvalue weighted by Crippen LogP contribution is 2.45. The molecule has 0 amide bonds. The number of unbranched alkanes of at least 4 members (excludes halogenated alkanes) is 18. The van der Waals surface area contributed by atoms with Gasteiger partial charge in [0.15, 0.2) is 0 Å². The first kappa shape index (κ1) is 40.7. The number of rotatable bonds is 28. The number of hydrogen-bond acceptors (Lipinski definition) is 0. The van der Waals surface area contributed by atoms with Gasteiger partial charge in [0.25, 0.3) is 0 Å². The van der Waals surface area contributed by atoms with E-state index in [1.165, 1.54) is 150 Å². The lowest BCUT2D eigenvalue weighted by Crippen LogP contribution is -2.05. The van der Waals surface area contributed by atoms with Crippen LogP contribution in [-0.4, -0.2) is 4.70 Å². The highest BCUT2D eigenvalue weighted by Gasteiger charge is 2.36. The van der Waals surface area contributed by atoms with E-state index >= 15 is 0 Å². The third-order valence-electron chi connectivity index (χ3n) is 10.5. The molecule has 1 aliphatic heterocycles. The van der Waals surface area contributed by atoms with Crippen molar-refractivity contribution in [2.75, 3.05) is 0 Å². The molecule has 0 spiro atoms. The molecule has 2 heteroatoms. The van der Waals surface area contributed by atoms with Crippen molar-refractivity contribution in [3.8, 4) is 0 Å². The number of benzene rings is 2. The number of aryl methyl sites for hydroxylation is 2. The zero-order valence-corrected chi connectivity index (χ0v) is 32.3. The molecule has 0 radical (unpaired) electrons. The van der Waals surface area contributed by atoms with Crippen molar-refractivity contribution in [2.24, 2.45) is 0 Å². The molecular formula is C47H72N2. The van der Waals surface area contributed by atoms with Gasteiger partial charge in [-0.25, -0.2) is 4.70 Å². The van der Waals surface area contributed by atoms with Crippen LogP contribution in [0.25, 0.3) is 16.9 Å². The summed E-state index contributed by atoms with van der Waals surface area (Å²) in [4.78, 5) is 0.